The quantitative estimate of drug-likeness (QED) is 0.830. The van der Waals surface area contributed by atoms with Crippen molar-refractivity contribution < 1.29 is 14.3 Å². The molecular formula is C17H16FNO2. The molecule has 2 N–H and O–H groups in total. The lowest BCUT2D eigenvalue weighted by Crippen LogP contribution is -2.23. The second-order valence-electron chi connectivity index (χ2n) is 4.60. The summed E-state index contributed by atoms with van der Waals surface area (Å²) in [4.78, 5) is 11.6. The van der Waals surface area contributed by atoms with E-state index in [1.807, 2.05) is 12.1 Å². The van der Waals surface area contributed by atoms with Crippen molar-refractivity contribution in [3.8, 4) is 5.75 Å². The number of carbonyl (C=O) groups excluding carboxylic acids is 1. The fourth-order valence-electron chi connectivity index (χ4n) is 1.83. The number of benzene rings is 2. The minimum Gasteiger partial charge on any atom is -0.508 e. The van der Waals surface area contributed by atoms with E-state index in [0.29, 0.717) is 18.5 Å². The molecule has 3 nitrogen and oxygen atoms in total. The Morgan fingerprint density at radius 2 is 1.95 bits per heavy atom. The van der Waals surface area contributed by atoms with Gasteiger partial charge >= 0.3 is 0 Å². The number of hydrogen-bond donors (Lipinski definition) is 2. The number of aromatic hydroxyl groups is 1. The Kier molecular flexibility index (Phi) is 5.10. The molecule has 0 aromatic heterocycles. The van der Waals surface area contributed by atoms with E-state index < -0.39 is 0 Å². The third-order valence-electron chi connectivity index (χ3n) is 2.93. The first kappa shape index (κ1) is 14.8. The van der Waals surface area contributed by atoms with Crippen molar-refractivity contribution in [3.63, 3.8) is 0 Å². The van der Waals surface area contributed by atoms with Crippen LogP contribution in [0.1, 0.15) is 11.1 Å². The average Bonchev–Trinajstić information content (AvgIpc) is 2.47. The van der Waals surface area contributed by atoms with Crippen LogP contribution >= 0.6 is 0 Å². The SMILES string of the molecule is O=C(/C=C/c1cccc(F)c1)NCCc1ccc(O)cc1. The number of phenolic OH excluding ortho intramolecular Hbond substituents is 1. The van der Waals surface area contributed by atoms with Crippen molar-refractivity contribution in [1.29, 1.82) is 0 Å². The number of halogens is 1. The van der Waals surface area contributed by atoms with E-state index in [9.17, 15) is 9.18 Å². The molecule has 2 rings (SSSR count). The van der Waals surface area contributed by atoms with Gasteiger partial charge < -0.3 is 10.4 Å². The van der Waals surface area contributed by atoms with E-state index in [1.54, 1.807) is 30.3 Å². The summed E-state index contributed by atoms with van der Waals surface area (Å²) in [7, 11) is 0. The van der Waals surface area contributed by atoms with Gasteiger partial charge in [-0.3, -0.25) is 4.79 Å². The number of carbonyl (C=O) groups is 1. The fourth-order valence-corrected chi connectivity index (χ4v) is 1.83. The minimum atomic E-state index is -0.329. The molecule has 0 bridgehead atoms. The second-order valence-corrected chi connectivity index (χ2v) is 4.60. The highest BCUT2D eigenvalue weighted by atomic mass is 19.1. The number of amides is 1. The van der Waals surface area contributed by atoms with Gasteiger partial charge in [-0.15, -0.1) is 0 Å². The molecule has 108 valence electrons. The lowest BCUT2D eigenvalue weighted by Gasteiger charge is -2.03. The van der Waals surface area contributed by atoms with Gasteiger partial charge in [-0.05, 0) is 47.9 Å². The molecule has 0 saturated heterocycles. The van der Waals surface area contributed by atoms with E-state index >= 15 is 0 Å². The zero-order valence-corrected chi connectivity index (χ0v) is 11.4. The first-order chi connectivity index (χ1) is 10.1. The Hall–Kier alpha value is -2.62. The van der Waals surface area contributed by atoms with Crippen LogP contribution in [0, 0.1) is 5.82 Å². The van der Waals surface area contributed by atoms with E-state index in [-0.39, 0.29) is 17.5 Å². The molecule has 0 aliphatic carbocycles. The highest BCUT2D eigenvalue weighted by Crippen LogP contribution is 2.09. The summed E-state index contributed by atoms with van der Waals surface area (Å²) in [6.45, 7) is 0.497. The highest BCUT2D eigenvalue weighted by molar-refractivity contribution is 5.91. The molecule has 0 fully saturated rings. The smallest absolute Gasteiger partial charge is 0.244 e. The predicted octanol–water partition coefficient (Wildman–Crippen LogP) is 2.90. The summed E-state index contributed by atoms with van der Waals surface area (Å²) in [5.74, 6) is -0.330. The maximum Gasteiger partial charge on any atom is 0.244 e. The largest absolute Gasteiger partial charge is 0.508 e. The number of phenols is 1. The summed E-state index contributed by atoms with van der Waals surface area (Å²) in [5.41, 5.74) is 1.67. The Balaban J connectivity index is 1.78. The van der Waals surface area contributed by atoms with Crippen LogP contribution in [0.5, 0.6) is 5.75 Å². The van der Waals surface area contributed by atoms with Crippen LogP contribution in [0.2, 0.25) is 0 Å². The molecule has 2 aromatic rings. The fraction of sp³-hybridized carbons (Fsp3) is 0.118. The molecule has 0 atom stereocenters. The molecule has 2 aromatic carbocycles. The maximum absolute atomic E-state index is 13.0. The monoisotopic (exact) mass is 285 g/mol. The molecule has 1 amide bonds. The average molecular weight is 285 g/mol. The molecule has 4 heteroatoms. The Morgan fingerprint density at radius 1 is 1.19 bits per heavy atom. The lowest BCUT2D eigenvalue weighted by atomic mass is 10.1. The van der Waals surface area contributed by atoms with E-state index in [1.165, 1.54) is 18.2 Å². The van der Waals surface area contributed by atoms with Gasteiger partial charge in [-0.25, -0.2) is 4.39 Å². The Bertz CT molecular complexity index is 635. The molecular weight excluding hydrogens is 269 g/mol. The van der Waals surface area contributed by atoms with Crippen LogP contribution in [0.15, 0.2) is 54.6 Å². The number of hydrogen-bond acceptors (Lipinski definition) is 2. The van der Waals surface area contributed by atoms with Crippen molar-refractivity contribution in [2.75, 3.05) is 6.54 Å². The van der Waals surface area contributed by atoms with E-state index in [2.05, 4.69) is 5.32 Å². The van der Waals surface area contributed by atoms with Crippen molar-refractivity contribution in [2.45, 2.75) is 6.42 Å². The van der Waals surface area contributed by atoms with Crippen molar-refractivity contribution >= 4 is 12.0 Å². The molecule has 0 unspecified atom stereocenters. The van der Waals surface area contributed by atoms with Gasteiger partial charge in [-0.1, -0.05) is 24.3 Å². The molecule has 0 aliphatic rings. The summed E-state index contributed by atoms with van der Waals surface area (Å²) >= 11 is 0. The standard InChI is InChI=1S/C17H16FNO2/c18-15-3-1-2-14(12-15)6-9-17(21)19-11-10-13-4-7-16(20)8-5-13/h1-9,12,20H,10-11H2,(H,19,21)/b9-6+. The first-order valence-electron chi connectivity index (χ1n) is 6.63. The van der Waals surface area contributed by atoms with Crippen LogP contribution in [0.3, 0.4) is 0 Å². The topological polar surface area (TPSA) is 49.3 Å². The first-order valence-corrected chi connectivity index (χ1v) is 6.63. The lowest BCUT2D eigenvalue weighted by molar-refractivity contribution is -0.116. The zero-order valence-electron chi connectivity index (χ0n) is 11.4. The van der Waals surface area contributed by atoms with Crippen LogP contribution in [0.4, 0.5) is 4.39 Å². The van der Waals surface area contributed by atoms with Gasteiger partial charge in [0.1, 0.15) is 11.6 Å². The summed E-state index contributed by atoms with van der Waals surface area (Å²) in [6.07, 6.45) is 3.63. The molecule has 0 saturated carbocycles. The van der Waals surface area contributed by atoms with Crippen molar-refractivity contribution in [3.05, 3.63) is 71.6 Å². The van der Waals surface area contributed by atoms with Gasteiger partial charge in [0.05, 0.1) is 0 Å². The number of nitrogens with one attached hydrogen (secondary N) is 1. The van der Waals surface area contributed by atoms with Gasteiger partial charge in [0.2, 0.25) is 5.91 Å². The maximum atomic E-state index is 13.0. The second kappa shape index (κ2) is 7.24. The van der Waals surface area contributed by atoms with Gasteiger partial charge in [0.15, 0.2) is 0 Å². The van der Waals surface area contributed by atoms with Crippen molar-refractivity contribution in [1.82, 2.24) is 5.32 Å². The van der Waals surface area contributed by atoms with Crippen LogP contribution in [-0.2, 0) is 11.2 Å². The normalized spacial score (nSPS) is 10.7. The van der Waals surface area contributed by atoms with E-state index in [0.717, 1.165) is 5.56 Å². The Morgan fingerprint density at radius 3 is 2.67 bits per heavy atom. The zero-order chi connectivity index (χ0) is 15.1. The minimum absolute atomic E-state index is 0.223. The molecule has 0 radical (unpaired) electrons. The summed E-state index contributed by atoms with van der Waals surface area (Å²) in [5, 5.41) is 11.9. The molecule has 21 heavy (non-hydrogen) atoms. The van der Waals surface area contributed by atoms with Gasteiger partial charge in [0.25, 0.3) is 0 Å². The van der Waals surface area contributed by atoms with Crippen LogP contribution in [-0.4, -0.2) is 17.6 Å². The number of rotatable bonds is 5. The van der Waals surface area contributed by atoms with E-state index in [4.69, 9.17) is 5.11 Å². The highest BCUT2D eigenvalue weighted by Gasteiger charge is 1.97. The van der Waals surface area contributed by atoms with Crippen LogP contribution in [0.25, 0.3) is 6.08 Å². The summed E-state index contributed by atoms with van der Waals surface area (Å²) in [6, 6.07) is 12.9. The van der Waals surface area contributed by atoms with Gasteiger partial charge in [0, 0.05) is 12.6 Å². The molecule has 0 spiro atoms. The Labute approximate surface area is 122 Å². The molecule has 0 aliphatic heterocycles. The molecule has 0 heterocycles. The van der Waals surface area contributed by atoms with Crippen molar-refractivity contribution in [2.24, 2.45) is 0 Å². The third-order valence-corrected chi connectivity index (χ3v) is 2.93. The van der Waals surface area contributed by atoms with Gasteiger partial charge in [-0.2, -0.15) is 0 Å². The third kappa shape index (κ3) is 5.10. The van der Waals surface area contributed by atoms with Crippen LogP contribution < -0.4 is 5.32 Å². The summed E-state index contributed by atoms with van der Waals surface area (Å²) < 4.78 is 13.0. The predicted molar refractivity (Wildman–Crippen MR) is 80.3 cm³/mol.